The van der Waals surface area contributed by atoms with E-state index in [0.29, 0.717) is 19.7 Å². The van der Waals surface area contributed by atoms with Crippen LogP contribution >= 0.6 is 0 Å². The maximum atomic E-state index is 12.5. The van der Waals surface area contributed by atoms with Gasteiger partial charge >= 0.3 is 6.09 Å². The normalized spacial score (nSPS) is 25.0. The summed E-state index contributed by atoms with van der Waals surface area (Å²) in [4.78, 5) is 19.1. The predicted molar refractivity (Wildman–Crippen MR) is 124 cm³/mol. The summed E-state index contributed by atoms with van der Waals surface area (Å²) in [6.45, 7) is 16.5. The van der Waals surface area contributed by atoms with Gasteiger partial charge in [-0.3, -0.25) is 0 Å². The molecular weight excluding hydrogens is 394 g/mol. The Morgan fingerprint density at radius 2 is 1.77 bits per heavy atom. The van der Waals surface area contributed by atoms with Crippen molar-refractivity contribution in [3.05, 3.63) is 23.8 Å². The highest BCUT2D eigenvalue weighted by Crippen LogP contribution is 2.31. The van der Waals surface area contributed by atoms with Crippen molar-refractivity contribution in [2.45, 2.75) is 72.0 Å². The maximum Gasteiger partial charge on any atom is 0.410 e. The fourth-order valence-electron chi connectivity index (χ4n) is 4.54. The summed E-state index contributed by atoms with van der Waals surface area (Å²) in [6, 6.07) is 6.84. The van der Waals surface area contributed by atoms with Crippen LogP contribution in [0.25, 0.3) is 0 Å². The summed E-state index contributed by atoms with van der Waals surface area (Å²) in [7, 11) is 1.74. The van der Waals surface area contributed by atoms with E-state index in [1.165, 1.54) is 16.9 Å². The van der Waals surface area contributed by atoms with Gasteiger partial charge in [0.1, 0.15) is 5.60 Å². The van der Waals surface area contributed by atoms with Gasteiger partial charge in [-0.15, -0.1) is 0 Å². The fourth-order valence-corrected chi connectivity index (χ4v) is 4.54. The Balaban J connectivity index is 1.74. The molecule has 0 aromatic heterocycles. The molecule has 7 nitrogen and oxygen atoms in total. The molecule has 0 bridgehead atoms. The highest BCUT2D eigenvalue weighted by Gasteiger charge is 2.31. The van der Waals surface area contributed by atoms with Gasteiger partial charge < -0.3 is 28.9 Å². The molecule has 0 radical (unpaired) electrons. The van der Waals surface area contributed by atoms with E-state index >= 15 is 0 Å². The summed E-state index contributed by atoms with van der Waals surface area (Å²) in [6.07, 6.45) is 0.185. The summed E-state index contributed by atoms with van der Waals surface area (Å²) >= 11 is 0. The quantitative estimate of drug-likeness (QED) is 0.718. The molecule has 2 heterocycles. The molecule has 0 spiro atoms. The number of hydrogen-bond donors (Lipinski definition) is 0. The number of carbonyl (C=O) groups is 1. The Morgan fingerprint density at radius 1 is 1.10 bits per heavy atom. The SMILES string of the molecule is COCc1cc(N2CCN(C(=O)OC(C)(C)C)C[C@@H]2C)ccc1N1C[C@@H](C)O[C@@H](C)C1. The van der Waals surface area contributed by atoms with Crippen LogP contribution < -0.4 is 9.80 Å². The number of ether oxygens (including phenoxy) is 3. The average molecular weight is 434 g/mol. The number of hydrogen-bond acceptors (Lipinski definition) is 6. The van der Waals surface area contributed by atoms with Crippen molar-refractivity contribution in [1.82, 2.24) is 4.90 Å². The Bertz CT molecular complexity index is 754. The number of nitrogens with zero attached hydrogens (tertiary/aromatic N) is 3. The number of benzene rings is 1. The molecule has 0 unspecified atom stereocenters. The van der Waals surface area contributed by atoms with E-state index in [1.807, 2.05) is 25.7 Å². The van der Waals surface area contributed by atoms with Crippen LogP contribution in [0, 0.1) is 0 Å². The molecule has 2 saturated heterocycles. The molecule has 2 aliphatic rings. The number of carbonyl (C=O) groups excluding carboxylic acids is 1. The summed E-state index contributed by atoms with van der Waals surface area (Å²) in [5, 5.41) is 0. The number of anilines is 2. The van der Waals surface area contributed by atoms with Crippen LogP contribution in [0.2, 0.25) is 0 Å². The lowest BCUT2D eigenvalue weighted by Crippen LogP contribution is -2.54. The van der Waals surface area contributed by atoms with E-state index in [-0.39, 0.29) is 24.3 Å². The van der Waals surface area contributed by atoms with Crippen LogP contribution in [-0.2, 0) is 20.8 Å². The van der Waals surface area contributed by atoms with Gasteiger partial charge in [-0.05, 0) is 59.7 Å². The van der Waals surface area contributed by atoms with Gasteiger partial charge in [0.25, 0.3) is 0 Å². The van der Waals surface area contributed by atoms with Gasteiger partial charge in [-0.2, -0.15) is 0 Å². The number of piperazine rings is 1. The van der Waals surface area contributed by atoms with Gasteiger partial charge in [0.15, 0.2) is 0 Å². The molecule has 2 aliphatic heterocycles. The monoisotopic (exact) mass is 433 g/mol. The molecule has 7 heteroatoms. The molecule has 0 aliphatic carbocycles. The topological polar surface area (TPSA) is 54.5 Å². The number of morpholine rings is 1. The Morgan fingerprint density at radius 3 is 2.35 bits per heavy atom. The Hall–Kier alpha value is -1.99. The molecular formula is C24H39N3O4. The summed E-state index contributed by atoms with van der Waals surface area (Å²) < 4.78 is 17.0. The summed E-state index contributed by atoms with van der Waals surface area (Å²) in [5.41, 5.74) is 3.09. The second-order valence-electron chi connectivity index (χ2n) is 9.88. The van der Waals surface area contributed by atoms with Crippen molar-refractivity contribution in [2.24, 2.45) is 0 Å². The standard InChI is InChI=1S/C24H39N3O4/c1-17-13-25(23(28)31-24(4,5)6)10-11-27(17)21-8-9-22(20(12-21)16-29-7)26-14-18(2)30-19(3)15-26/h8-9,12,17-19H,10-11,13-16H2,1-7H3/t17-,18-,19+/m0/s1. The highest BCUT2D eigenvalue weighted by atomic mass is 16.6. The van der Waals surface area contributed by atoms with Gasteiger partial charge in [-0.1, -0.05) is 0 Å². The molecule has 2 fully saturated rings. The van der Waals surface area contributed by atoms with E-state index < -0.39 is 5.60 Å². The second-order valence-corrected chi connectivity index (χ2v) is 9.88. The van der Waals surface area contributed by atoms with Crippen molar-refractivity contribution in [2.75, 3.05) is 49.6 Å². The van der Waals surface area contributed by atoms with Crippen LogP contribution in [0.5, 0.6) is 0 Å². The first-order chi connectivity index (χ1) is 14.6. The minimum atomic E-state index is -0.475. The predicted octanol–water partition coefficient (Wildman–Crippen LogP) is 3.89. The van der Waals surface area contributed by atoms with Crippen LogP contribution in [0.4, 0.5) is 16.2 Å². The molecule has 1 aromatic carbocycles. The fraction of sp³-hybridized carbons (Fsp3) is 0.708. The molecule has 31 heavy (non-hydrogen) atoms. The smallest absolute Gasteiger partial charge is 0.410 e. The van der Waals surface area contributed by atoms with Crippen molar-refractivity contribution in [3.63, 3.8) is 0 Å². The lowest BCUT2D eigenvalue weighted by Gasteiger charge is -2.42. The third-order valence-corrected chi connectivity index (χ3v) is 5.73. The Labute approximate surface area is 187 Å². The van der Waals surface area contributed by atoms with Gasteiger partial charge in [0.05, 0.1) is 18.8 Å². The molecule has 3 rings (SSSR count). The minimum Gasteiger partial charge on any atom is -0.444 e. The number of methoxy groups -OCH3 is 1. The molecule has 3 atom stereocenters. The first-order valence-corrected chi connectivity index (χ1v) is 11.3. The minimum absolute atomic E-state index is 0.200. The van der Waals surface area contributed by atoms with Crippen molar-refractivity contribution in [1.29, 1.82) is 0 Å². The molecule has 174 valence electrons. The first kappa shape index (κ1) is 23.7. The highest BCUT2D eigenvalue weighted by molar-refractivity contribution is 5.69. The molecule has 1 amide bonds. The van der Waals surface area contributed by atoms with E-state index in [0.717, 1.165) is 19.6 Å². The second kappa shape index (κ2) is 9.65. The summed E-state index contributed by atoms with van der Waals surface area (Å²) in [5.74, 6) is 0. The lowest BCUT2D eigenvalue weighted by atomic mass is 10.1. The number of amides is 1. The third kappa shape index (κ3) is 6.04. The largest absolute Gasteiger partial charge is 0.444 e. The van der Waals surface area contributed by atoms with Crippen LogP contribution in [0.1, 0.15) is 47.1 Å². The van der Waals surface area contributed by atoms with E-state index in [2.05, 4.69) is 48.8 Å². The van der Waals surface area contributed by atoms with Crippen LogP contribution in [0.3, 0.4) is 0 Å². The van der Waals surface area contributed by atoms with Crippen molar-refractivity contribution < 1.29 is 19.0 Å². The van der Waals surface area contributed by atoms with E-state index in [9.17, 15) is 4.79 Å². The van der Waals surface area contributed by atoms with Crippen molar-refractivity contribution in [3.8, 4) is 0 Å². The van der Waals surface area contributed by atoms with Crippen LogP contribution in [-0.4, -0.2) is 74.7 Å². The Kier molecular flexibility index (Phi) is 7.37. The molecule has 0 saturated carbocycles. The van der Waals surface area contributed by atoms with Crippen molar-refractivity contribution >= 4 is 17.5 Å². The molecule has 0 N–H and O–H groups in total. The number of rotatable bonds is 4. The average Bonchev–Trinajstić information content (AvgIpc) is 2.66. The van der Waals surface area contributed by atoms with Crippen LogP contribution in [0.15, 0.2) is 18.2 Å². The molecule has 1 aromatic rings. The first-order valence-electron chi connectivity index (χ1n) is 11.3. The van der Waals surface area contributed by atoms with Gasteiger partial charge in [0.2, 0.25) is 0 Å². The van der Waals surface area contributed by atoms with E-state index in [4.69, 9.17) is 14.2 Å². The third-order valence-electron chi connectivity index (χ3n) is 5.73. The zero-order valence-corrected chi connectivity index (χ0v) is 20.2. The zero-order valence-electron chi connectivity index (χ0n) is 20.2. The van der Waals surface area contributed by atoms with Gasteiger partial charge in [-0.25, -0.2) is 4.79 Å². The van der Waals surface area contributed by atoms with E-state index in [1.54, 1.807) is 7.11 Å². The van der Waals surface area contributed by atoms with Gasteiger partial charge in [0, 0.05) is 62.8 Å². The lowest BCUT2D eigenvalue weighted by molar-refractivity contribution is -0.00535. The maximum absolute atomic E-state index is 12.5. The zero-order chi connectivity index (χ0) is 22.8.